The summed E-state index contributed by atoms with van der Waals surface area (Å²) in [5, 5.41) is 55.0. The number of rotatable bonds is 54. The number of carboxylic acids is 2. The van der Waals surface area contributed by atoms with E-state index in [4.69, 9.17) is 47.1 Å². The van der Waals surface area contributed by atoms with Crippen molar-refractivity contribution in [3.8, 4) is 56.9 Å². The predicted molar refractivity (Wildman–Crippen MR) is 523 cm³/mol. The number of nitrogens with one attached hydrogen (secondary N) is 7. The summed E-state index contributed by atoms with van der Waals surface area (Å²) in [6, 6.07) is 24.2. The summed E-state index contributed by atoms with van der Waals surface area (Å²) in [6.45, 7) is 16.7. The number of aromatic nitrogens is 4. The SMILES string of the molecule is CNC(=S)NCCCCC(NCN(C)CCCN(C)CCCN(C)C(=O)c1ccc(-n2nc(C(=O)NC3(C(=O)O)C4CC5CC(C4)CC3C5)cc2-c2c(OC)cccc2OC)c(C(C)C)c1)C(=O)CNC(CCCCNCN(C)CCCN(C)CCCN(C)C(=O)c1ccc(-n2nc(C(=O)NC3(C(=O)O)C4CC5CC(C4)CC3C5)cc2-c2c(OC)cccc2OC)c(C(C)C)c1)C(N)=O. The van der Waals surface area contributed by atoms with Gasteiger partial charge in [-0.15, -0.1) is 0 Å². The molecule has 0 spiro atoms. The normalized spacial score (nSPS) is 21.3. The number of amides is 5. The van der Waals surface area contributed by atoms with Crippen LogP contribution in [0.2, 0.25) is 0 Å². The molecular formula is C101H148N18O14S. The fourth-order valence-corrected chi connectivity index (χ4v) is 22.6. The largest absolute Gasteiger partial charge is 0.496 e. The van der Waals surface area contributed by atoms with Gasteiger partial charge < -0.3 is 81.1 Å². The smallest absolute Gasteiger partial charge is 0.330 e. The molecule has 32 nitrogen and oxygen atoms in total. The second-order valence-corrected chi connectivity index (χ2v) is 39.9. The number of unbranched alkanes of at least 4 members (excludes halogenated alkanes) is 2. The maximum Gasteiger partial charge on any atom is 0.330 e. The van der Waals surface area contributed by atoms with Crippen molar-refractivity contribution in [2.45, 2.75) is 191 Å². The Morgan fingerprint density at radius 3 is 1.22 bits per heavy atom. The summed E-state index contributed by atoms with van der Waals surface area (Å²) in [5.41, 5.74) is 9.40. The van der Waals surface area contributed by atoms with E-state index in [9.17, 15) is 48.6 Å². The topological polar surface area (TPSA) is 379 Å². The van der Waals surface area contributed by atoms with E-state index in [-0.39, 0.29) is 71.0 Å². The van der Waals surface area contributed by atoms with E-state index in [1.54, 1.807) is 78.9 Å². The molecule has 8 saturated carbocycles. The number of benzene rings is 4. The first-order valence-corrected chi connectivity index (χ1v) is 48.9. The van der Waals surface area contributed by atoms with Gasteiger partial charge in [0, 0.05) is 78.3 Å². The minimum Gasteiger partial charge on any atom is -0.496 e. The van der Waals surface area contributed by atoms with Crippen LogP contribution in [0.15, 0.2) is 84.9 Å². The molecule has 4 aromatic carbocycles. The molecule has 11 N–H and O–H groups in total. The van der Waals surface area contributed by atoms with Gasteiger partial charge in [0.1, 0.15) is 34.1 Å². The van der Waals surface area contributed by atoms with E-state index in [0.29, 0.717) is 143 Å². The van der Waals surface area contributed by atoms with Crippen LogP contribution in [0, 0.1) is 47.3 Å². The predicted octanol–water partition coefficient (Wildman–Crippen LogP) is 10.7. The van der Waals surface area contributed by atoms with E-state index < -0.39 is 52.8 Å². The molecule has 6 aromatic rings. The molecule has 0 radical (unpaired) electrons. The molecule has 8 aliphatic carbocycles. The molecule has 2 unspecified atom stereocenters. The maximum atomic E-state index is 14.7. The van der Waals surface area contributed by atoms with E-state index in [0.717, 1.165) is 173 Å². The molecule has 2 atom stereocenters. The number of hydrogen-bond acceptors (Lipinski definition) is 22. The van der Waals surface area contributed by atoms with Crippen LogP contribution in [-0.2, 0) is 19.2 Å². The first-order valence-electron chi connectivity index (χ1n) is 48.5. The Labute approximate surface area is 796 Å². The number of ketones is 1. The van der Waals surface area contributed by atoms with Gasteiger partial charge in [0.25, 0.3) is 23.6 Å². The first kappa shape index (κ1) is 103. The minimum atomic E-state index is -1.38. The molecular weight excluding hydrogens is 1720 g/mol. The van der Waals surface area contributed by atoms with Crippen LogP contribution < -0.4 is 61.9 Å². The maximum absolute atomic E-state index is 14.7. The van der Waals surface area contributed by atoms with Crippen molar-refractivity contribution in [2.75, 3.05) is 163 Å². The number of hydrogen-bond donors (Lipinski definition) is 10. The van der Waals surface area contributed by atoms with E-state index in [1.165, 1.54) is 0 Å². The highest BCUT2D eigenvalue weighted by atomic mass is 32.1. The van der Waals surface area contributed by atoms with E-state index >= 15 is 0 Å². The Morgan fingerprint density at radius 2 is 0.851 bits per heavy atom. The highest BCUT2D eigenvalue weighted by molar-refractivity contribution is 7.80. The van der Waals surface area contributed by atoms with Gasteiger partial charge in [0.2, 0.25) is 5.91 Å². The van der Waals surface area contributed by atoms with Crippen molar-refractivity contribution in [3.63, 3.8) is 0 Å². The average molecular weight is 1870 g/mol. The van der Waals surface area contributed by atoms with Crippen molar-refractivity contribution < 1.29 is 67.5 Å². The summed E-state index contributed by atoms with van der Waals surface area (Å²) in [6.07, 6.45) is 16.1. The molecule has 2 heterocycles. The third-order valence-electron chi connectivity index (χ3n) is 29.4. The third kappa shape index (κ3) is 24.3. The number of carboxylic acid groups (broad SMARTS) is 2. The standard InChI is InChI=1S/C101H148N18O14S/c1-63(2)75-56-69(32-34-81(75)118-83(90-86(130-12)28-20-29-87(90)131-13)58-79(110-118)93(122)108-100(97(126)127)71-48-65-46-66(50-71)51-72(100)49-65)95(124)116(10)44-24-40-112(6)38-22-42-114(8)61-104-36-18-16-27-78(92(102)121)106-60-85(120)77(26-17-19-37-105-99(134)103-5)107-62-115(9)43-23-39-113(7)41-25-45-117(11)96(125)70-33-35-82(76(57-70)64(3)4)119-84(91-88(132-14)30-21-31-89(91)133-15)59-80(111-119)94(123)109-101(98(128)129)73-52-67-47-68(54-73)55-74(101)53-67/h20-21,28-35,56-59,63-68,71-74,77-78,104,106-107H,16-19,22-27,36-55,60-62H2,1-15H3,(H2,102,121)(H,108,122)(H,109,123)(H,126,127)(H,128,129)(H2,103,105,134). The number of thiocarbonyl (C=S) groups is 1. The molecule has 8 bridgehead atoms. The number of ether oxygens (including phenoxy) is 4. The molecule has 0 aliphatic heterocycles. The number of primary amides is 1. The van der Waals surface area contributed by atoms with E-state index in [2.05, 4.69) is 78.0 Å². The number of aliphatic carboxylic acids is 2. The van der Waals surface area contributed by atoms with Crippen molar-refractivity contribution in [2.24, 2.45) is 53.1 Å². The van der Waals surface area contributed by atoms with Crippen molar-refractivity contribution in [1.82, 2.24) is 86.2 Å². The molecule has 8 aliphatic rings. The number of carbonyl (C=O) groups excluding carboxylic acids is 6. The molecule has 2 aromatic heterocycles. The lowest BCUT2D eigenvalue weighted by atomic mass is 9.48. The molecule has 0 saturated heterocycles. The van der Waals surface area contributed by atoms with Gasteiger partial charge in [-0.3, -0.25) is 49.2 Å². The van der Waals surface area contributed by atoms with Gasteiger partial charge in [-0.1, -0.05) is 46.2 Å². The molecule has 8 fully saturated rings. The highest BCUT2D eigenvalue weighted by Gasteiger charge is 2.64. The Bertz CT molecular complexity index is 4970. The van der Waals surface area contributed by atoms with Crippen LogP contribution >= 0.6 is 12.2 Å². The number of carbonyl (C=O) groups is 8. The fourth-order valence-electron chi connectivity index (χ4n) is 22.5. The number of Topliss-reactive ketones (excluding diaryl/α,β-unsaturated/α-hetero) is 1. The lowest BCUT2D eigenvalue weighted by Gasteiger charge is -2.59. The quantitative estimate of drug-likeness (QED) is 0.00963. The monoisotopic (exact) mass is 1870 g/mol. The lowest BCUT2D eigenvalue weighted by molar-refractivity contribution is -0.164. The van der Waals surface area contributed by atoms with Gasteiger partial charge in [0.15, 0.2) is 22.3 Å². The van der Waals surface area contributed by atoms with Gasteiger partial charge >= 0.3 is 11.9 Å². The molecule has 14 rings (SSSR count). The van der Waals surface area contributed by atoms with Crippen molar-refractivity contribution >= 4 is 64.6 Å². The van der Waals surface area contributed by atoms with E-state index in [1.807, 2.05) is 110 Å². The van der Waals surface area contributed by atoms with Gasteiger partial charge in [-0.25, -0.2) is 19.0 Å². The van der Waals surface area contributed by atoms with Gasteiger partial charge in [-0.2, -0.15) is 10.2 Å². The zero-order valence-electron chi connectivity index (χ0n) is 81.6. The summed E-state index contributed by atoms with van der Waals surface area (Å²) < 4.78 is 26.9. The number of nitrogens with two attached hydrogens (primary N) is 1. The van der Waals surface area contributed by atoms with Crippen LogP contribution in [0.4, 0.5) is 0 Å². The summed E-state index contributed by atoms with van der Waals surface area (Å²) >= 11 is 5.29. The number of methoxy groups -OCH3 is 4. The Hall–Kier alpha value is -10.1. The van der Waals surface area contributed by atoms with Crippen LogP contribution in [0.25, 0.3) is 33.9 Å². The second kappa shape index (κ2) is 47.1. The third-order valence-corrected chi connectivity index (χ3v) is 29.7. The molecule has 732 valence electrons. The van der Waals surface area contributed by atoms with Crippen molar-refractivity contribution in [3.05, 3.63) is 119 Å². The van der Waals surface area contributed by atoms with Crippen LogP contribution in [-0.4, -0.2) is 298 Å². The number of nitrogens with zero attached hydrogens (tertiary/aromatic N) is 10. The van der Waals surface area contributed by atoms with Gasteiger partial charge in [0.05, 0.1) is 81.0 Å². The Morgan fingerprint density at radius 1 is 0.478 bits per heavy atom. The molecule has 134 heavy (non-hydrogen) atoms. The first-order chi connectivity index (χ1) is 64.2. The fraction of sp³-hybridized carbons (Fsp3) is 0.614. The van der Waals surface area contributed by atoms with Crippen LogP contribution in [0.1, 0.15) is 221 Å². The lowest BCUT2D eigenvalue weighted by Crippen LogP contribution is -2.70. The average Bonchev–Trinajstić information content (AvgIpc) is 0.785. The Balaban J connectivity index is 0.549. The summed E-state index contributed by atoms with van der Waals surface area (Å²) in [5.74, 6) is -0.736. The summed E-state index contributed by atoms with van der Waals surface area (Å²) in [7, 11) is 20.0. The summed E-state index contributed by atoms with van der Waals surface area (Å²) in [4.78, 5) is 124. The molecule has 5 amide bonds. The second-order valence-electron chi connectivity index (χ2n) is 39.5. The van der Waals surface area contributed by atoms with Gasteiger partial charge in [-0.05, 0) is 338 Å². The van der Waals surface area contributed by atoms with Crippen molar-refractivity contribution in [1.29, 1.82) is 0 Å². The van der Waals surface area contributed by atoms with Crippen LogP contribution in [0.3, 0.4) is 0 Å². The highest BCUT2D eigenvalue weighted by Crippen LogP contribution is 2.60. The zero-order valence-corrected chi connectivity index (χ0v) is 82.4. The Kier molecular flexibility index (Phi) is 36.1. The molecule has 33 heteroatoms. The van der Waals surface area contributed by atoms with Crippen LogP contribution in [0.5, 0.6) is 23.0 Å². The zero-order chi connectivity index (χ0) is 96.4. The minimum absolute atomic E-state index is 0.00771.